The van der Waals surface area contributed by atoms with E-state index in [0.29, 0.717) is 6.04 Å². The Labute approximate surface area is 152 Å². The van der Waals surface area contributed by atoms with Gasteiger partial charge in [0.1, 0.15) is 0 Å². The molecule has 0 fully saturated rings. The maximum Gasteiger partial charge on any atom is 0.0444 e. The second-order valence-electron chi connectivity index (χ2n) is 6.44. The molecule has 0 spiro atoms. The number of para-hydroxylation sites is 2. The second-order valence-corrected chi connectivity index (χ2v) is 6.44. The van der Waals surface area contributed by atoms with Crippen LogP contribution in [0, 0.1) is 0 Å². The summed E-state index contributed by atoms with van der Waals surface area (Å²) < 4.78 is 0. The van der Waals surface area contributed by atoms with Gasteiger partial charge >= 0.3 is 0 Å². The Morgan fingerprint density at radius 1 is 0.875 bits per heavy atom. The highest BCUT2D eigenvalue weighted by atomic mass is 35.5. The van der Waals surface area contributed by atoms with E-state index in [0.717, 1.165) is 32.5 Å². The van der Waals surface area contributed by atoms with Gasteiger partial charge in [0, 0.05) is 24.0 Å². The molecule has 0 radical (unpaired) electrons. The van der Waals surface area contributed by atoms with Gasteiger partial charge in [0.15, 0.2) is 0 Å². The number of rotatable bonds is 5. The average molecular weight is 345 g/mol. The third kappa shape index (κ3) is 3.76. The van der Waals surface area contributed by atoms with Crippen LogP contribution in [-0.2, 0) is 12.8 Å². The Morgan fingerprint density at radius 2 is 1.33 bits per heavy atom. The summed E-state index contributed by atoms with van der Waals surface area (Å²) in [5, 5.41) is 0. The van der Waals surface area contributed by atoms with Gasteiger partial charge in [0.25, 0.3) is 0 Å². The zero-order chi connectivity index (χ0) is 16.2. The lowest BCUT2D eigenvalue weighted by atomic mass is 10.0. The molecule has 0 saturated carbocycles. The minimum absolute atomic E-state index is 0. The number of anilines is 2. The van der Waals surface area contributed by atoms with Crippen LogP contribution in [-0.4, -0.2) is 30.6 Å². The molecule has 1 aliphatic heterocycles. The van der Waals surface area contributed by atoms with E-state index in [1.54, 1.807) is 0 Å². The number of hydrogen-bond donors (Lipinski definition) is 0. The van der Waals surface area contributed by atoms with Crippen molar-refractivity contribution in [2.75, 3.05) is 24.5 Å². The molecule has 0 aromatic heterocycles. The zero-order valence-corrected chi connectivity index (χ0v) is 15.9. The molecule has 24 heavy (non-hydrogen) atoms. The first-order chi connectivity index (χ1) is 11.2. The van der Waals surface area contributed by atoms with Crippen LogP contribution in [0.15, 0.2) is 48.5 Å². The molecule has 3 heteroatoms. The van der Waals surface area contributed by atoms with E-state index < -0.39 is 0 Å². The van der Waals surface area contributed by atoms with Crippen LogP contribution in [0.1, 0.15) is 31.9 Å². The van der Waals surface area contributed by atoms with Crippen molar-refractivity contribution in [3.8, 4) is 0 Å². The second kappa shape index (κ2) is 8.55. The largest absolute Gasteiger partial charge is 0.339 e. The van der Waals surface area contributed by atoms with E-state index in [9.17, 15) is 0 Å². The van der Waals surface area contributed by atoms with Crippen molar-refractivity contribution >= 4 is 23.8 Å². The Kier molecular flexibility index (Phi) is 6.70. The number of halogens is 1. The Balaban J connectivity index is 0.00000208. The van der Waals surface area contributed by atoms with Crippen molar-refractivity contribution in [2.24, 2.45) is 0 Å². The van der Waals surface area contributed by atoms with Crippen LogP contribution >= 0.6 is 12.4 Å². The number of likely N-dealkylation sites (N-methyl/N-ethyl adjacent to an activating group) is 1. The zero-order valence-electron chi connectivity index (χ0n) is 15.0. The van der Waals surface area contributed by atoms with Crippen LogP contribution < -0.4 is 4.90 Å². The molecule has 3 rings (SSSR count). The van der Waals surface area contributed by atoms with Gasteiger partial charge in [0.05, 0.1) is 0 Å². The van der Waals surface area contributed by atoms with Crippen LogP contribution in [0.5, 0.6) is 0 Å². The Morgan fingerprint density at radius 3 is 1.79 bits per heavy atom. The number of fused-ring (bicyclic) bond motifs is 2. The summed E-state index contributed by atoms with van der Waals surface area (Å²) in [4.78, 5) is 5.08. The summed E-state index contributed by atoms with van der Waals surface area (Å²) in [6.45, 7) is 10.1. The fraction of sp³-hybridized carbons (Fsp3) is 0.429. The summed E-state index contributed by atoms with van der Waals surface area (Å²) in [5.74, 6) is 0. The van der Waals surface area contributed by atoms with E-state index in [1.807, 2.05) is 0 Å². The molecule has 1 atom stereocenters. The highest BCUT2D eigenvalue weighted by Gasteiger charge is 2.23. The van der Waals surface area contributed by atoms with E-state index in [-0.39, 0.29) is 12.4 Å². The maximum atomic E-state index is 2.54. The van der Waals surface area contributed by atoms with Gasteiger partial charge in [-0.15, -0.1) is 12.4 Å². The topological polar surface area (TPSA) is 6.48 Å². The SMILES string of the molecule is CCN(CC)C(C)CN1c2ccccc2CCc2ccccc21.Cl. The molecular weight excluding hydrogens is 316 g/mol. The van der Waals surface area contributed by atoms with Gasteiger partial charge in [0.2, 0.25) is 0 Å². The maximum absolute atomic E-state index is 2.54. The summed E-state index contributed by atoms with van der Waals surface area (Å²) in [7, 11) is 0. The molecule has 1 unspecified atom stereocenters. The normalized spacial score (nSPS) is 14.4. The summed E-state index contributed by atoms with van der Waals surface area (Å²) in [6, 6.07) is 18.3. The van der Waals surface area contributed by atoms with E-state index in [1.165, 1.54) is 22.5 Å². The van der Waals surface area contributed by atoms with Crippen molar-refractivity contribution in [3.05, 3.63) is 59.7 Å². The van der Waals surface area contributed by atoms with Gasteiger partial charge < -0.3 is 4.90 Å². The summed E-state index contributed by atoms with van der Waals surface area (Å²) >= 11 is 0. The molecule has 1 aliphatic rings. The summed E-state index contributed by atoms with van der Waals surface area (Å²) in [5.41, 5.74) is 5.71. The highest BCUT2D eigenvalue weighted by molar-refractivity contribution is 5.85. The van der Waals surface area contributed by atoms with Crippen LogP contribution in [0.2, 0.25) is 0 Å². The molecule has 0 N–H and O–H groups in total. The first kappa shape index (κ1) is 18.8. The van der Waals surface area contributed by atoms with E-state index >= 15 is 0 Å². The lowest BCUT2D eigenvalue weighted by Crippen LogP contribution is -2.41. The fourth-order valence-corrected chi connectivity index (χ4v) is 3.79. The van der Waals surface area contributed by atoms with Gasteiger partial charge in [-0.1, -0.05) is 50.2 Å². The molecule has 0 saturated heterocycles. The number of benzene rings is 2. The summed E-state index contributed by atoms with van der Waals surface area (Å²) in [6.07, 6.45) is 2.26. The molecular formula is C21H29ClN2. The van der Waals surface area contributed by atoms with E-state index in [2.05, 4.69) is 79.1 Å². The minimum atomic E-state index is 0. The standard InChI is InChI=1S/C21H28N2.ClH/c1-4-22(5-2)17(3)16-23-20-12-8-6-10-18(20)14-15-19-11-7-9-13-21(19)23;/h6-13,17H,4-5,14-16H2,1-3H3;1H. The van der Waals surface area contributed by atoms with Crippen LogP contribution in [0.3, 0.4) is 0 Å². The van der Waals surface area contributed by atoms with Crippen molar-refractivity contribution in [1.82, 2.24) is 4.90 Å². The minimum Gasteiger partial charge on any atom is -0.339 e. The van der Waals surface area contributed by atoms with Crippen LogP contribution in [0.25, 0.3) is 0 Å². The van der Waals surface area contributed by atoms with Gasteiger partial charge in [-0.2, -0.15) is 0 Å². The smallest absolute Gasteiger partial charge is 0.0444 e. The highest BCUT2D eigenvalue weighted by Crippen LogP contribution is 2.36. The molecule has 1 heterocycles. The molecule has 0 aliphatic carbocycles. The van der Waals surface area contributed by atoms with Gasteiger partial charge in [-0.05, 0) is 56.1 Å². The Hall–Kier alpha value is -1.51. The number of hydrogen-bond acceptors (Lipinski definition) is 2. The van der Waals surface area contributed by atoms with Gasteiger partial charge in [-0.25, -0.2) is 0 Å². The fourth-order valence-electron chi connectivity index (χ4n) is 3.79. The molecule has 2 nitrogen and oxygen atoms in total. The molecule has 0 bridgehead atoms. The Bertz CT molecular complexity index is 604. The van der Waals surface area contributed by atoms with Crippen molar-refractivity contribution in [3.63, 3.8) is 0 Å². The van der Waals surface area contributed by atoms with Crippen LogP contribution in [0.4, 0.5) is 11.4 Å². The van der Waals surface area contributed by atoms with Crippen molar-refractivity contribution in [2.45, 2.75) is 39.7 Å². The monoisotopic (exact) mass is 344 g/mol. The average Bonchev–Trinajstić information content (AvgIpc) is 2.74. The number of aryl methyl sites for hydroxylation is 2. The quantitative estimate of drug-likeness (QED) is 0.746. The third-order valence-electron chi connectivity index (χ3n) is 5.11. The first-order valence-electron chi connectivity index (χ1n) is 8.92. The first-order valence-corrected chi connectivity index (χ1v) is 8.92. The molecule has 0 amide bonds. The molecule has 130 valence electrons. The lowest BCUT2D eigenvalue weighted by molar-refractivity contribution is 0.236. The van der Waals surface area contributed by atoms with Crippen molar-refractivity contribution in [1.29, 1.82) is 0 Å². The lowest BCUT2D eigenvalue weighted by Gasteiger charge is -2.34. The van der Waals surface area contributed by atoms with E-state index in [4.69, 9.17) is 0 Å². The predicted octanol–water partition coefficient (Wildman–Crippen LogP) is 5.08. The molecule has 2 aromatic carbocycles. The predicted molar refractivity (Wildman–Crippen MR) is 107 cm³/mol. The van der Waals surface area contributed by atoms with Crippen molar-refractivity contribution < 1.29 is 0 Å². The number of nitrogens with zero attached hydrogens (tertiary/aromatic N) is 2. The third-order valence-corrected chi connectivity index (χ3v) is 5.11. The molecule has 2 aromatic rings. The van der Waals surface area contributed by atoms with Gasteiger partial charge in [-0.3, -0.25) is 4.90 Å².